The van der Waals surface area contributed by atoms with Crippen molar-refractivity contribution in [2.24, 2.45) is 0 Å². The van der Waals surface area contributed by atoms with E-state index in [2.05, 4.69) is 36.1 Å². The molecule has 1 unspecified atom stereocenters. The van der Waals surface area contributed by atoms with Gasteiger partial charge in [0.25, 0.3) is 0 Å². The second kappa shape index (κ2) is 6.60. The molecule has 0 spiro atoms. The number of nitrogens with zero attached hydrogens (tertiary/aromatic N) is 2. The van der Waals surface area contributed by atoms with Crippen LogP contribution in [0.15, 0.2) is 0 Å². The fraction of sp³-hybridized carbons (Fsp3) is 0.750. The second-order valence-electron chi connectivity index (χ2n) is 6.63. The summed E-state index contributed by atoms with van der Waals surface area (Å²) in [6.07, 6.45) is 3.62. The van der Waals surface area contributed by atoms with Crippen LogP contribution in [-0.4, -0.2) is 36.3 Å². The van der Waals surface area contributed by atoms with E-state index in [0.717, 1.165) is 36.7 Å². The lowest BCUT2D eigenvalue weighted by Crippen LogP contribution is -2.27. The molecular formula is C16H27N3O2. The summed E-state index contributed by atoms with van der Waals surface area (Å²) in [6, 6.07) is 0. The SMILES string of the molecule is CNc1nc(C(C)(C)C)nc(OCC2CCCCO2)c1C. The molecule has 0 amide bonds. The van der Waals surface area contributed by atoms with Gasteiger partial charge in [-0.2, -0.15) is 4.98 Å². The Labute approximate surface area is 127 Å². The van der Waals surface area contributed by atoms with Crippen molar-refractivity contribution in [3.63, 3.8) is 0 Å². The van der Waals surface area contributed by atoms with Gasteiger partial charge in [0.2, 0.25) is 5.88 Å². The topological polar surface area (TPSA) is 56.3 Å². The lowest BCUT2D eigenvalue weighted by Gasteiger charge is -2.24. The van der Waals surface area contributed by atoms with Crippen LogP contribution in [0.3, 0.4) is 0 Å². The summed E-state index contributed by atoms with van der Waals surface area (Å²) in [5, 5.41) is 3.12. The maximum Gasteiger partial charge on any atom is 0.221 e. The molecule has 0 aromatic carbocycles. The van der Waals surface area contributed by atoms with E-state index in [9.17, 15) is 0 Å². The van der Waals surface area contributed by atoms with Crippen molar-refractivity contribution < 1.29 is 9.47 Å². The summed E-state index contributed by atoms with van der Waals surface area (Å²) in [5.41, 5.74) is 0.833. The first kappa shape index (κ1) is 16.0. The van der Waals surface area contributed by atoms with Crippen LogP contribution in [0.4, 0.5) is 5.82 Å². The first-order valence-electron chi connectivity index (χ1n) is 7.73. The minimum Gasteiger partial charge on any atom is -0.475 e. The summed E-state index contributed by atoms with van der Waals surface area (Å²) in [4.78, 5) is 9.19. The molecule has 1 aromatic rings. The monoisotopic (exact) mass is 293 g/mol. The molecule has 0 saturated carbocycles. The zero-order valence-electron chi connectivity index (χ0n) is 13.8. The minimum absolute atomic E-state index is 0.112. The molecule has 1 N–H and O–H groups in total. The minimum atomic E-state index is -0.112. The smallest absolute Gasteiger partial charge is 0.221 e. The third-order valence-corrected chi connectivity index (χ3v) is 3.69. The van der Waals surface area contributed by atoms with Crippen molar-refractivity contribution in [2.75, 3.05) is 25.6 Å². The van der Waals surface area contributed by atoms with E-state index in [1.165, 1.54) is 6.42 Å². The Balaban J connectivity index is 2.16. The van der Waals surface area contributed by atoms with Gasteiger partial charge >= 0.3 is 0 Å². The summed E-state index contributed by atoms with van der Waals surface area (Å²) < 4.78 is 11.6. The van der Waals surface area contributed by atoms with Crippen molar-refractivity contribution in [2.45, 2.75) is 58.5 Å². The normalized spacial score (nSPS) is 19.4. The van der Waals surface area contributed by atoms with E-state index < -0.39 is 0 Å². The molecule has 2 rings (SSSR count). The van der Waals surface area contributed by atoms with Gasteiger partial charge in [-0.15, -0.1) is 0 Å². The molecule has 118 valence electrons. The molecule has 0 radical (unpaired) electrons. The Morgan fingerprint density at radius 2 is 2.05 bits per heavy atom. The Kier molecular flexibility index (Phi) is 5.04. The molecule has 0 bridgehead atoms. The standard InChI is InChI=1S/C16H27N3O2/c1-11-13(17-5)18-15(16(2,3)4)19-14(11)21-10-12-8-6-7-9-20-12/h12H,6-10H2,1-5H3,(H,17,18,19). The Morgan fingerprint density at radius 1 is 1.29 bits per heavy atom. The zero-order chi connectivity index (χ0) is 15.5. The van der Waals surface area contributed by atoms with Gasteiger partial charge in [-0.1, -0.05) is 20.8 Å². The third-order valence-electron chi connectivity index (χ3n) is 3.69. The highest BCUT2D eigenvalue weighted by Gasteiger charge is 2.22. The molecule has 5 heteroatoms. The summed E-state index contributed by atoms with van der Waals surface area (Å²) in [5.74, 6) is 2.28. The molecule has 1 fully saturated rings. The largest absolute Gasteiger partial charge is 0.475 e. The van der Waals surface area contributed by atoms with E-state index in [1.54, 1.807) is 0 Å². The zero-order valence-corrected chi connectivity index (χ0v) is 13.8. The highest BCUT2D eigenvalue weighted by atomic mass is 16.5. The van der Waals surface area contributed by atoms with Gasteiger partial charge < -0.3 is 14.8 Å². The molecular weight excluding hydrogens is 266 g/mol. The number of nitrogens with one attached hydrogen (secondary N) is 1. The maximum atomic E-state index is 5.94. The summed E-state index contributed by atoms with van der Waals surface area (Å²) >= 11 is 0. The fourth-order valence-corrected chi connectivity index (χ4v) is 2.33. The van der Waals surface area contributed by atoms with Crippen LogP contribution in [0.1, 0.15) is 51.4 Å². The lowest BCUT2D eigenvalue weighted by atomic mass is 9.95. The van der Waals surface area contributed by atoms with Crippen molar-refractivity contribution in [3.05, 3.63) is 11.4 Å². The molecule has 1 aliphatic heterocycles. The first-order valence-corrected chi connectivity index (χ1v) is 7.73. The molecule has 5 nitrogen and oxygen atoms in total. The third kappa shape index (κ3) is 4.06. The predicted octanol–water partition coefficient (Wildman–Crippen LogP) is 3.07. The first-order chi connectivity index (χ1) is 9.91. The van der Waals surface area contributed by atoms with E-state index in [-0.39, 0.29) is 11.5 Å². The molecule has 21 heavy (non-hydrogen) atoms. The van der Waals surface area contributed by atoms with Crippen LogP contribution >= 0.6 is 0 Å². The average Bonchev–Trinajstić information content (AvgIpc) is 2.46. The average molecular weight is 293 g/mol. The van der Waals surface area contributed by atoms with Gasteiger partial charge in [0.15, 0.2) is 0 Å². The summed E-state index contributed by atoms with van der Waals surface area (Å²) in [6.45, 7) is 9.69. The number of hydrogen-bond acceptors (Lipinski definition) is 5. The van der Waals surface area contributed by atoms with E-state index >= 15 is 0 Å². The molecule has 1 aromatic heterocycles. The number of aromatic nitrogens is 2. The number of hydrogen-bond donors (Lipinski definition) is 1. The summed E-state index contributed by atoms with van der Waals surface area (Å²) in [7, 11) is 1.87. The number of anilines is 1. The highest BCUT2D eigenvalue weighted by Crippen LogP contribution is 2.27. The van der Waals surface area contributed by atoms with Gasteiger partial charge in [0.05, 0.1) is 11.7 Å². The van der Waals surface area contributed by atoms with Crippen LogP contribution in [0, 0.1) is 6.92 Å². The van der Waals surface area contributed by atoms with Crippen LogP contribution in [0.5, 0.6) is 5.88 Å². The van der Waals surface area contributed by atoms with E-state index in [1.807, 2.05) is 14.0 Å². The maximum absolute atomic E-state index is 5.94. The molecule has 0 aliphatic carbocycles. The highest BCUT2D eigenvalue weighted by molar-refractivity contribution is 5.48. The van der Waals surface area contributed by atoms with Crippen LogP contribution < -0.4 is 10.1 Å². The molecule has 1 atom stereocenters. The molecule has 1 saturated heterocycles. The van der Waals surface area contributed by atoms with E-state index in [4.69, 9.17) is 9.47 Å². The van der Waals surface area contributed by atoms with Gasteiger partial charge in [-0.3, -0.25) is 0 Å². The van der Waals surface area contributed by atoms with Gasteiger partial charge in [-0.05, 0) is 26.2 Å². The Bertz CT molecular complexity index is 477. The number of rotatable bonds is 4. The van der Waals surface area contributed by atoms with Gasteiger partial charge in [-0.25, -0.2) is 4.98 Å². The van der Waals surface area contributed by atoms with Crippen molar-refractivity contribution in [1.82, 2.24) is 9.97 Å². The second-order valence-corrected chi connectivity index (χ2v) is 6.63. The molecule has 2 heterocycles. The lowest BCUT2D eigenvalue weighted by molar-refractivity contribution is -0.0121. The number of ether oxygens (including phenoxy) is 2. The molecule has 1 aliphatic rings. The van der Waals surface area contributed by atoms with Crippen LogP contribution in [0.25, 0.3) is 0 Å². The van der Waals surface area contributed by atoms with Crippen molar-refractivity contribution >= 4 is 5.82 Å². The Hall–Kier alpha value is -1.36. The Morgan fingerprint density at radius 3 is 2.62 bits per heavy atom. The predicted molar refractivity (Wildman–Crippen MR) is 84.1 cm³/mol. The van der Waals surface area contributed by atoms with Crippen LogP contribution in [0.2, 0.25) is 0 Å². The van der Waals surface area contributed by atoms with Crippen molar-refractivity contribution in [1.29, 1.82) is 0 Å². The van der Waals surface area contributed by atoms with Gasteiger partial charge in [0.1, 0.15) is 18.2 Å². The fourth-order valence-electron chi connectivity index (χ4n) is 2.33. The quantitative estimate of drug-likeness (QED) is 0.924. The van der Waals surface area contributed by atoms with E-state index in [0.29, 0.717) is 12.5 Å². The van der Waals surface area contributed by atoms with Crippen LogP contribution in [-0.2, 0) is 10.2 Å². The van der Waals surface area contributed by atoms with Crippen molar-refractivity contribution in [3.8, 4) is 5.88 Å². The van der Waals surface area contributed by atoms with Gasteiger partial charge in [0, 0.05) is 19.1 Å².